The molecule has 0 bridgehead atoms. The van der Waals surface area contributed by atoms with E-state index in [9.17, 15) is 14.0 Å². The van der Waals surface area contributed by atoms with E-state index in [-0.39, 0.29) is 23.5 Å². The first-order valence-electron chi connectivity index (χ1n) is 7.92. The highest BCUT2D eigenvalue weighted by atomic mass is 19.1. The third-order valence-corrected chi connectivity index (χ3v) is 3.68. The van der Waals surface area contributed by atoms with Gasteiger partial charge in [-0.05, 0) is 30.2 Å². The molecule has 0 heterocycles. The molecule has 1 atom stereocenters. The number of hydrogen-bond acceptors (Lipinski definition) is 2. The summed E-state index contributed by atoms with van der Waals surface area (Å²) < 4.78 is 13.6. The Bertz CT molecular complexity index is 689. The molecule has 2 aromatic rings. The molecule has 2 aromatic carbocycles. The van der Waals surface area contributed by atoms with Crippen LogP contribution < -0.4 is 10.6 Å². The summed E-state index contributed by atoms with van der Waals surface area (Å²) in [4.78, 5) is 23.9. The second-order valence-electron chi connectivity index (χ2n) is 5.61. The van der Waals surface area contributed by atoms with E-state index in [0.29, 0.717) is 30.6 Å². The minimum absolute atomic E-state index is 0.160. The minimum atomic E-state index is -0.341. The van der Waals surface area contributed by atoms with Gasteiger partial charge in [-0.15, -0.1) is 0 Å². The molecular formula is C19H21FN2O2. The summed E-state index contributed by atoms with van der Waals surface area (Å²) in [5.41, 5.74) is 1.11. The van der Waals surface area contributed by atoms with Gasteiger partial charge in [-0.25, -0.2) is 4.39 Å². The highest BCUT2D eigenvalue weighted by Crippen LogP contribution is 2.12. The number of nitrogens with one attached hydrogen (secondary N) is 2. The maximum absolute atomic E-state index is 13.6. The molecule has 0 spiro atoms. The molecule has 0 saturated heterocycles. The van der Waals surface area contributed by atoms with Crippen LogP contribution in [0.3, 0.4) is 0 Å². The van der Waals surface area contributed by atoms with Crippen LogP contribution in [0.2, 0.25) is 0 Å². The van der Waals surface area contributed by atoms with Crippen LogP contribution in [0, 0.1) is 11.7 Å². The van der Waals surface area contributed by atoms with E-state index in [1.54, 1.807) is 49.4 Å². The van der Waals surface area contributed by atoms with Gasteiger partial charge in [0.15, 0.2) is 0 Å². The van der Waals surface area contributed by atoms with Crippen LogP contribution in [0.1, 0.15) is 22.8 Å². The van der Waals surface area contributed by atoms with Crippen LogP contribution in [0.4, 0.5) is 4.39 Å². The molecule has 0 saturated carbocycles. The number of halogens is 1. The van der Waals surface area contributed by atoms with Crippen LogP contribution in [-0.2, 0) is 11.2 Å². The van der Waals surface area contributed by atoms with Gasteiger partial charge in [-0.1, -0.05) is 43.3 Å². The smallest absolute Gasteiger partial charge is 0.251 e. The molecule has 4 nitrogen and oxygen atoms in total. The minimum Gasteiger partial charge on any atom is -0.354 e. The summed E-state index contributed by atoms with van der Waals surface area (Å²) in [7, 11) is 0. The first kappa shape index (κ1) is 17.7. The molecule has 0 aliphatic heterocycles. The standard InChI is InChI=1S/C19H21FN2O2/c1-14(13-16-9-5-6-10-17(16)20)18(23)21-11-12-22-19(24)15-7-3-2-4-8-15/h2-10,14H,11-13H2,1H3,(H,21,23)(H,22,24). The average Bonchev–Trinajstić information content (AvgIpc) is 2.61. The monoisotopic (exact) mass is 328 g/mol. The molecule has 1 unspecified atom stereocenters. The summed E-state index contributed by atoms with van der Waals surface area (Å²) in [6.07, 6.45) is 0.342. The van der Waals surface area contributed by atoms with Gasteiger partial charge >= 0.3 is 0 Å². The summed E-state index contributed by atoms with van der Waals surface area (Å²) >= 11 is 0. The summed E-state index contributed by atoms with van der Waals surface area (Å²) in [6.45, 7) is 2.43. The Labute approximate surface area is 141 Å². The third-order valence-electron chi connectivity index (χ3n) is 3.68. The molecular weight excluding hydrogens is 307 g/mol. The Hall–Kier alpha value is -2.69. The SMILES string of the molecule is CC(Cc1ccccc1F)C(=O)NCCNC(=O)c1ccccc1. The number of hydrogen-bond donors (Lipinski definition) is 2. The van der Waals surface area contributed by atoms with E-state index >= 15 is 0 Å². The van der Waals surface area contributed by atoms with Gasteiger partial charge in [0.2, 0.25) is 5.91 Å². The predicted molar refractivity (Wildman–Crippen MR) is 91.1 cm³/mol. The largest absolute Gasteiger partial charge is 0.354 e. The second kappa shape index (κ2) is 8.82. The van der Waals surface area contributed by atoms with Gasteiger partial charge < -0.3 is 10.6 Å². The molecule has 0 aliphatic rings. The molecule has 0 aliphatic carbocycles. The summed E-state index contributed by atoms with van der Waals surface area (Å²) in [5, 5.41) is 5.49. The number of benzene rings is 2. The number of amides is 2. The van der Waals surface area contributed by atoms with Crippen molar-refractivity contribution in [1.82, 2.24) is 10.6 Å². The lowest BCUT2D eigenvalue weighted by atomic mass is 10.00. The number of rotatable bonds is 7. The first-order valence-corrected chi connectivity index (χ1v) is 7.92. The zero-order valence-corrected chi connectivity index (χ0v) is 13.6. The second-order valence-corrected chi connectivity index (χ2v) is 5.61. The maximum atomic E-state index is 13.6. The molecule has 0 aromatic heterocycles. The Morgan fingerprint density at radius 3 is 2.29 bits per heavy atom. The highest BCUT2D eigenvalue weighted by Gasteiger charge is 2.15. The molecule has 0 radical (unpaired) electrons. The fraction of sp³-hybridized carbons (Fsp3) is 0.263. The van der Waals surface area contributed by atoms with Gasteiger partial charge in [0.25, 0.3) is 5.91 Å². The van der Waals surface area contributed by atoms with Crippen molar-refractivity contribution in [3.05, 3.63) is 71.5 Å². The van der Waals surface area contributed by atoms with Crippen LogP contribution >= 0.6 is 0 Å². The molecule has 5 heteroatoms. The first-order chi connectivity index (χ1) is 11.6. The van der Waals surface area contributed by atoms with E-state index in [2.05, 4.69) is 10.6 Å². The van der Waals surface area contributed by atoms with E-state index in [1.165, 1.54) is 6.07 Å². The zero-order valence-electron chi connectivity index (χ0n) is 13.6. The van der Waals surface area contributed by atoms with E-state index in [4.69, 9.17) is 0 Å². The normalized spacial score (nSPS) is 11.6. The van der Waals surface area contributed by atoms with Gasteiger partial charge in [-0.3, -0.25) is 9.59 Å². The number of carbonyl (C=O) groups excluding carboxylic acids is 2. The van der Waals surface area contributed by atoms with Crippen molar-refractivity contribution in [2.45, 2.75) is 13.3 Å². The van der Waals surface area contributed by atoms with Gasteiger partial charge in [0.1, 0.15) is 5.82 Å². The quantitative estimate of drug-likeness (QED) is 0.768. The van der Waals surface area contributed by atoms with Crippen LogP contribution in [-0.4, -0.2) is 24.9 Å². The Morgan fingerprint density at radius 2 is 1.58 bits per heavy atom. The molecule has 126 valence electrons. The van der Waals surface area contributed by atoms with Crippen molar-refractivity contribution >= 4 is 11.8 Å². The maximum Gasteiger partial charge on any atom is 0.251 e. The Balaban J connectivity index is 1.71. The lowest BCUT2D eigenvalue weighted by Crippen LogP contribution is -2.37. The van der Waals surface area contributed by atoms with Crippen molar-refractivity contribution in [1.29, 1.82) is 0 Å². The average molecular weight is 328 g/mol. The fourth-order valence-corrected chi connectivity index (χ4v) is 2.31. The Morgan fingerprint density at radius 1 is 0.958 bits per heavy atom. The highest BCUT2D eigenvalue weighted by molar-refractivity contribution is 5.94. The lowest BCUT2D eigenvalue weighted by molar-refractivity contribution is -0.124. The molecule has 2 amide bonds. The fourth-order valence-electron chi connectivity index (χ4n) is 2.31. The van der Waals surface area contributed by atoms with Crippen molar-refractivity contribution in [3.63, 3.8) is 0 Å². The molecule has 0 fully saturated rings. The van der Waals surface area contributed by atoms with E-state index in [0.717, 1.165) is 0 Å². The summed E-state index contributed by atoms with van der Waals surface area (Å²) in [5.74, 6) is -0.976. The lowest BCUT2D eigenvalue weighted by Gasteiger charge is -2.13. The van der Waals surface area contributed by atoms with Gasteiger partial charge in [0.05, 0.1) is 0 Å². The van der Waals surface area contributed by atoms with Gasteiger partial charge in [0, 0.05) is 24.6 Å². The van der Waals surface area contributed by atoms with Gasteiger partial charge in [-0.2, -0.15) is 0 Å². The molecule has 24 heavy (non-hydrogen) atoms. The van der Waals surface area contributed by atoms with E-state index in [1.807, 2.05) is 6.07 Å². The third kappa shape index (κ3) is 5.19. The van der Waals surface area contributed by atoms with Crippen molar-refractivity contribution in [2.24, 2.45) is 5.92 Å². The topological polar surface area (TPSA) is 58.2 Å². The van der Waals surface area contributed by atoms with Crippen LogP contribution in [0.25, 0.3) is 0 Å². The Kier molecular flexibility index (Phi) is 6.49. The zero-order chi connectivity index (χ0) is 17.4. The van der Waals surface area contributed by atoms with Crippen LogP contribution in [0.5, 0.6) is 0 Å². The molecule has 2 N–H and O–H groups in total. The van der Waals surface area contributed by atoms with Crippen molar-refractivity contribution in [2.75, 3.05) is 13.1 Å². The number of carbonyl (C=O) groups is 2. The predicted octanol–water partition coefficient (Wildman–Crippen LogP) is 2.55. The summed E-state index contributed by atoms with van der Waals surface area (Å²) in [6, 6.07) is 15.3. The molecule has 2 rings (SSSR count). The van der Waals surface area contributed by atoms with Crippen molar-refractivity contribution < 1.29 is 14.0 Å². The van der Waals surface area contributed by atoms with Crippen molar-refractivity contribution in [3.8, 4) is 0 Å². The van der Waals surface area contributed by atoms with E-state index < -0.39 is 0 Å². The van der Waals surface area contributed by atoms with Crippen LogP contribution in [0.15, 0.2) is 54.6 Å².